The molecule has 0 aromatic heterocycles. The third-order valence-electron chi connectivity index (χ3n) is 5.70. The molecule has 1 heterocycles. The summed E-state index contributed by atoms with van der Waals surface area (Å²) in [5.41, 5.74) is -0.738. The fraction of sp³-hybridized carbons (Fsp3) is 0.600. The number of likely N-dealkylation sites (tertiary alicyclic amines) is 1. The predicted molar refractivity (Wildman–Crippen MR) is 97.7 cm³/mol. The zero-order valence-corrected chi connectivity index (χ0v) is 16.0. The summed E-state index contributed by atoms with van der Waals surface area (Å²) >= 11 is 0. The number of hydrogen-bond acceptors (Lipinski definition) is 4. The first-order chi connectivity index (χ1) is 13.2. The van der Waals surface area contributed by atoms with Crippen LogP contribution in [0.25, 0.3) is 0 Å². The molecule has 28 heavy (non-hydrogen) atoms. The lowest BCUT2D eigenvalue weighted by molar-refractivity contribution is -0.137. The van der Waals surface area contributed by atoms with E-state index in [9.17, 15) is 22.8 Å². The first-order valence-electron chi connectivity index (χ1n) is 9.43. The number of carbonyl (C=O) groups excluding carboxylic acids is 2. The van der Waals surface area contributed by atoms with Crippen molar-refractivity contribution in [3.05, 3.63) is 29.8 Å². The summed E-state index contributed by atoms with van der Waals surface area (Å²) in [6.07, 6.45) is -4.36. The number of methoxy groups -OCH3 is 1. The Kier molecular flexibility index (Phi) is 6.09. The molecule has 5 nitrogen and oxygen atoms in total. The Morgan fingerprint density at radius 1 is 1.25 bits per heavy atom. The Hall–Kier alpha value is -1.93. The van der Waals surface area contributed by atoms with Crippen LogP contribution in [0.5, 0.6) is 0 Å². The van der Waals surface area contributed by atoms with Crippen molar-refractivity contribution in [1.82, 2.24) is 4.90 Å². The van der Waals surface area contributed by atoms with Crippen molar-refractivity contribution in [3.8, 4) is 0 Å². The minimum absolute atomic E-state index is 0.0190. The van der Waals surface area contributed by atoms with Gasteiger partial charge in [-0.05, 0) is 37.0 Å². The van der Waals surface area contributed by atoms with Gasteiger partial charge in [0.05, 0.1) is 12.2 Å². The second-order valence-corrected chi connectivity index (χ2v) is 7.70. The highest BCUT2D eigenvalue weighted by Gasteiger charge is 2.58. The van der Waals surface area contributed by atoms with Gasteiger partial charge in [0.25, 0.3) is 0 Å². The predicted octanol–water partition coefficient (Wildman–Crippen LogP) is 3.21. The first kappa shape index (κ1) is 20.8. The summed E-state index contributed by atoms with van der Waals surface area (Å²) in [5, 5.41) is 2.44. The Morgan fingerprint density at radius 2 is 1.93 bits per heavy atom. The summed E-state index contributed by atoms with van der Waals surface area (Å²) in [5.74, 6) is 0.367. The van der Waals surface area contributed by atoms with E-state index in [1.54, 1.807) is 7.11 Å². The number of halogens is 3. The molecule has 1 aromatic rings. The van der Waals surface area contributed by atoms with Crippen LogP contribution in [0.2, 0.25) is 0 Å². The molecule has 1 saturated heterocycles. The number of hydrogen-bond donors (Lipinski definition) is 1. The van der Waals surface area contributed by atoms with Crippen LogP contribution >= 0.6 is 0 Å². The molecule has 1 aliphatic heterocycles. The van der Waals surface area contributed by atoms with Gasteiger partial charge in [-0.3, -0.25) is 14.5 Å². The number of rotatable bonds is 8. The zero-order valence-electron chi connectivity index (χ0n) is 16.0. The molecular formula is C20H25F3N2O3. The summed E-state index contributed by atoms with van der Waals surface area (Å²) in [6, 6.07) is 4.80. The van der Waals surface area contributed by atoms with Crippen LogP contribution in [0.4, 0.5) is 18.9 Å². The van der Waals surface area contributed by atoms with E-state index in [-0.39, 0.29) is 30.2 Å². The highest BCUT2D eigenvalue weighted by molar-refractivity contribution is 5.94. The molecule has 1 amide bonds. The summed E-state index contributed by atoms with van der Waals surface area (Å²) in [7, 11) is 1.67. The number of fused-ring (bicyclic) bond motifs is 1. The number of anilines is 1. The van der Waals surface area contributed by atoms with Crippen molar-refractivity contribution in [2.75, 3.05) is 32.1 Å². The van der Waals surface area contributed by atoms with Crippen LogP contribution in [0.3, 0.4) is 0 Å². The van der Waals surface area contributed by atoms with Gasteiger partial charge in [0, 0.05) is 50.7 Å². The number of benzene rings is 1. The van der Waals surface area contributed by atoms with Gasteiger partial charge in [-0.2, -0.15) is 13.2 Å². The Balaban J connectivity index is 1.42. The Labute approximate surface area is 162 Å². The van der Waals surface area contributed by atoms with Crippen molar-refractivity contribution in [1.29, 1.82) is 0 Å². The molecule has 154 valence electrons. The smallest absolute Gasteiger partial charge is 0.383 e. The van der Waals surface area contributed by atoms with Gasteiger partial charge in [-0.15, -0.1) is 0 Å². The largest absolute Gasteiger partial charge is 0.416 e. The van der Waals surface area contributed by atoms with Crippen molar-refractivity contribution in [3.63, 3.8) is 0 Å². The average molecular weight is 398 g/mol. The topological polar surface area (TPSA) is 58.6 Å². The second-order valence-electron chi connectivity index (χ2n) is 7.70. The maximum absolute atomic E-state index is 12.7. The summed E-state index contributed by atoms with van der Waals surface area (Å²) < 4.78 is 43.3. The monoisotopic (exact) mass is 398 g/mol. The lowest BCUT2D eigenvalue weighted by Crippen LogP contribution is -2.37. The van der Waals surface area contributed by atoms with Gasteiger partial charge in [0.15, 0.2) is 0 Å². The maximum atomic E-state index is 12.7. The van der Waals surface area contributed by atoms with Crippen LogP contribution < -0.4 is 5.32 Å². The van der Waals surface area contributed by atoms with Crippen molar-refractivity contribution < 1.29 is 27.5 Å². The highest BCUT2D eigenvalue weighted by Crippen LogP contribution is 2.53. The molecule has 4 atom stereocenters. The van der Waals surface area contributed by atoms with Crippen LogP contribution in [-0.2, 0) is 20.5 Å². The standard InChI is InChI=1S/C20H25F3N2O3/c1-12(11-28-2)25-9-15-16(10-25)19(15)17(26)6-7-18(27)24-14-5-3-4-13(8-14)20(21,22)23/h3-5,8,12,15-16,19H,6-7,9-11H2,1-2H3,(H,24,27)/t12?,15-,16+,19?. The minimum Gasteiger partial charge on any atom is -0.383 e. The van der Waals surface area contributed by atoms with Crippen molar-refractivity contribution >= 4 is 17.4 Å². The molecule has 2 aliphatic rings. The van der Waals surface area contributed by atoms with Crippen LogP contribution in [-0.4, -0.2) is 49.4 Å². The third-order valence-corrected chi connectivity index (χ3v) is 5.70. The molecule has 2 unspecified atom stereocenters. The molecule has 1 saturated carbocycles. The van der Waals surface area contributed by atoms with Gasteiger partial charge in [-0.1, -0.05) is 6.07 Å². The van der Waals surface area contributed by atoms with Crippen LogP contribution in [0, 0.1) is 17.8 Å². The molecule has 8 heteroatoms. The molecule has 0 bridgehead atoms. The number of amides is 1. The van der Waals surface area contributed by atoms with Crippen molar-refractivity contribution in [2.24, 2.45) is 17.8 Å². The van der Waals surface area contributed by atoms with E-state index in [1.165, 1.54) is 12.1 Å². The van der Waals surface area contributed by atoms with Crippen LogP contribution in [0.15, 0.2) is 24.3 Å². The quantitative estimate of drug-likeness (QED) is 0.731. The number of carbonyl (C=O) groups is 2. The van der Waals surface area contributed by atoms with E-state index in [2.05, 4.69) is 17.1 Å². The Bertz CT molecular complexity index is 726. The van der Waals surface area contributed by atoms with E-state index in [0.29, 0.717) is 24.5 Å². The van der Waals surface area contributed by atoms with E-state index < -0.39 is 17.6 Å². The second kappa shape index (κ2) is 8.21. The maximum Gasteiger partial charge on any atom is 0.416 e. The fourth-order valence-electron chi connectivity index (χ4n) is 4.14. The molecule has 0 spiro atoms. The third kappa shape index (κ3) is 4.72. The van der Waals surface area contributed by atoms with E-state index in [4.69, 9.17) is 4.74 Å². The molecule has 0 radical (unpaired) electrons. The molecular weight excluding hydrogens is 373 g/mol. The summed E-state index contributed by atoms with van der Waals surface area (Å²) in [4.78, 5) is 26.7. The van der Waals surface area contributed by atoms with Crippen LogP contribution in [0.1, 0.15) is 25.3 Å². The van der Waals surface area contributed by atoms with Gasteiger partial charge in [0.1, 0.15) is 5.78 Å². The molecule has 1 N–H and O–H groups in total. The lowest BCUT2D eigenvalue weighted by atomic mass is 10.1. The number of ketones is 1. The number of piperidine rings is 1. The summed E-state index contributed by atoms with van der Waals surface area (Å²) in [6.45, 7) is 4.51. The average Bonchev–Trinajstić information content (AvgIpc) is 3.13. The lowest BCUT2D eigenvalue weighted by Gasteiger charge is -2.25. The number of nitrogens with one attached hydrogen (secondary N) is 1. The van der Waals surface area contributed by atoms with E-state index >= 15 is 0 Å². The number of Topliss-reactive ketones (excluding diaryl/α,β-unsaturated/α-hetero) is 1. The first-order valence-corrected chi connectivity index (χ1v) is 9.43. The molecule has 1 aromatic carbocycles. The van der Waals surface area contributed by atoms with Gasteiger partial charge >= 0.3 is 6.18 Å². The van der Waals surface area contributed by atoms with Gasteiger partial charge in [0.2, 0.25) is 5.91 Å². The number of ether oxygens (including phenoxy) is 1. The zero-order chi connectivity index (χ0) is 20.5. The minimum atomic E-state index is -4.46. The van der Waals surface area contributed by atoms with Crippen molar-refractivity contribution in [2.45, 2.75) is 32.0 Å². The molecule has 1 aliphatic carbocycles. The molecule has 2 fully saturated rings. The van der Waals surface area contributed by atoms with Gasteiger partial charge < -0.3 is 10.1 Å². The van der Waals surface area contributed by atoms with Gasteiger partial charge in [-0.25, -0.2) is 0 Å². The SMILES string of the molecule is COCC(C)N1C[C@@H]2C(C(=O)CCC(=O)Nc3cccc(C(F)(F)F)c3)[C@@H]2C1. The number of nitrogens with zero attached hydrogens (tertiary/aromatic N) is 1. The molecule has 3 rings (SSSR count). The normalized spacial score (nSPS) is 25.2. The Morgan fingerprint density at radius 3 is 2.54 bits per heavy atom. The number of alkyl halides is 3. The fourth-order valence-corrected chi connectivity index (χ4v) is 4.14. The van der Waals surface area contributed by atoms with E-state index in [0.717, 1.165) is 25.2 Å². The highest BCUT2D eigenvalue weighted by atomic mass is 19.4. The van der Waals surface area contributed by atoms with E-state index in [1.807, 2.05) is 0 Å².